The molecular formula is C43H28N2. The quantitative estimate of drug-likeness (QED) is 0.192. The van der Waals surface area contributed by atoms with Gasteiger partial charge >= 0.3 is 0 Å². The molecule has 0 aliphatic rings. The van der Waals surface area contributed by atoms with Crippen molar-refractivity contribution in [2.45, 2.75) is 0 Å². The average molecular weight is 573 g/mol. The fourth-order valence-electron chi connectivity index (χ4n) is 7.10. The van der Waals surface area contributed by atoms with E-state index in [4.69, 9.17) is 0 Å². The predicted molar refractivity (Wildman–Crippen MR) is 190 cm³/mol. The van der Waals surface area contributed by atoms with Gasteiger partial charge in [0, 0.05) is 28.9 Å². The molecule has 9 aromatic rings. The molecule has 0 spiro atoms. The van der Waals surface area contributed by atoms with Crippen LogP contribution in [-0.2, 0) is 0 Å². The molecule has 0 N–H and O–H groups in total. The van der Waals surface area contributed by atoms with Crippen LogP contribution in [0.3, 0.4) is 0 Å². The van der Waals surface area contributed by atoms with Gasteiger partial charge in [0.15, 0.2) is 0 Å². The number of pyridine rings is 1. The van der Waals surface area contributed by atoms with Crippen LogP contribution in [0, 0.1) is 0 Å². The van der Waals surface area contributed by atoms with Crippen molar-refractivity contribution in [3.8, 4) is 39.1 Å². The Balaban J connectivity index is 1.23. The Morgan fingerprint density at radius 1 is 0.311 bits per heavy atom. The molecule has 2 nitrogen and oxygen atoms in total. The van der Waals surface area contributed by atoms with Gasteiger partial charge in [-0.3, -0.25) is 4.98 Å². The van der Waals surface area contributed by atoms with Gasteiger partial charge in [-0.05, 0) is 91.3 Å². The summed E-state index contributed by atoms with van der Waals surface area (Å²) in [6.45, 7) is 0. The lowest BCUT2D eigenvalue weighted by molar-refractivity contribution is 1.18. The van der Waals surface area contributed by atoms with Crippen molar-refractivity contribution in [2.24, 2.45) is 0 Å². The zero-order chi connectivity index (χ0) is 29.7. The molecule has 0 unspecified atom stereocenters. The predicted octanol–water partition coefficient (Wildman–Crippen LogP) is 11.5. The Bertz CT molecular complexity index is 2390. The first-order valence-electron chi connectivity index (χ1n) is 15.4. The number of aromatic nitrogens is 2. The number of fused-ring (bicyclic) bond motifs is 5. The molecule has 0 fully saturated rings. The van der Waals surface area contributed by atoms with Gasteiger partial charge in [-0.25, -0.2) is 0 Å². The Kier molecular flexibility index (Phi) is 5.85. The normalized spacial score (nSPS) is 11.6. The molecule has 0 aliphatic heterocycles. The minimum Gasteiger partial charge on any atom is -0.309 e. The van der Waals surface area contributed by atoms with Crippen LogP contribution in [-0.4, -0.2) is 9.55 Å². The molecular weight excluding hydrogens is 544 g/mol. The average Bonchev–Trinajstić information content (AvgIpc) is 3.45. The van der Waals surface area contributed by atoms with Crippen LogP contribution in [0.15, 0.2) is 170 Å². The Morgan fingerprint density at radius 2 is 0.667 bits per heavy atom. The second-order valence-electron chi connectivity index (χ2n) is 11.6. The maximum Gasteiger partial charge on any atom is 0.0541 e. The van der Waals surface area contributed by atoms with Crippen LogP contribution in [0.1, 0.15) is 0 Å². The Hall–Kier alpha value is -5.99. The SMILES string of the molecule is c1ccc2c(-c3ccc(-n4c5ccccc5c5ccccc54)cc3)c3ccccc3c(-c3ccc(-c4ccncc4)cc3)c2c1. The summed E-state index contributed by atoms with van der Waals surface area (Å²) in [6.07, 6.45) is 3.69. The molecule has 0 saturated heterocycles. The molecule has 2 aromatic heterocycles. The summed E-state index contributed by atoms with van der Waals surface area (Å²) in [6, 6.07) is 57.2. The zero-order valence-electron chi connectivity index (χ0n) is 24.6. The Morgan fingerprint density at radius 3 is 1.13 bits per heavy atom. The molecule has 2 heteroatoms. The molecule has 0 atom stereocenters. The number of hydrogen-bond acceptors (Lipinski definition) is 1. The van der Waals surface area contributed by atoms with Crippen LogP contribution < -0.4 is 0 Å². The summed E-state index contributed by atoms with van der Waals surface area (Å²) < 4.78 is 2.38. The minimum absolute atomic E-state index is 1.16. The highest BCUT2D eigenvalue weighted by atomic mass is 15.0. The van der Waals surface area contributed by atoms with Crippen molar-refractivity contribution >= 4 is 43.4 Å². The van der Waals surface area contributed by atoms with Gasteiger partial charge in [-0.2, -0.15) is 0 Å². The van der Waals surface area contributed by atoms with E-state index < -0.39 is 0 Å². The van der Waals surface area contributed by atoms with Crippen LogP contribution in [0.25, 0.3) is 82.4 Å². The molecule has 0 aliphatic carbocycles. The summed E-state index contributed by atoms with van der Waals surface area (Å²) in [5.41, 5.74) is 10.9. The van der Waals surface area contributed by atoms with E-state index >= 15 is 0 Å². The third-order valence-electron chi connectivity index (χ3n) is 9.11. The lowest BCUT2D eigenvalue weighted by atomic mass is 9.85. The topological polar surface area (TPSA) is 17.8 Å². The van der Waals surface area contributed by atoms with Gasteiger partial charge in [0.05, 0.1) is 11.0 Å². The van der Waals surface area contributed by atoms with E-state index in [-0.39, 0.29) is 0 Å². The molecule has 2 heterocycles. The molecule has 9 rings (SSSR count). The lowest BCUT2D eigenvalue weighted by Gasteiger charge is -2.18. The first-order chi connectivity index (χ1) is 22.3. The summed E-state index contributed by atoms with van der Waals surface area (Å²) >= 11 is 0. The number of nitrogens with zero attached hydrogens (tertiary/aromatic N) is 2. The standard InChI is InChI=1S/C43H28N2/c1-3-13-38-36(11-1)42(31-19-17-29(18-20-31)30-25-27-44-28-26-30)37-12-2-4-14-39(37)43(38)32-21-23-33(24-22-32)45-40-15-7-5-9-34(40)35-10-6-8-16-41(35)45/h1-28H. The van der Waals surface area contributed by atoms with Gasteiger partial charge < -0.3 is 4.57 Å². The second kappa shape index (κ2) is 10.3. The van der Waals surface area contributed by atoms with Crippen molar-refractivity contribution < 1.29 is 0 Å². The lowest BCUT2D eigenvalue weighted by Crippen LogP contribution is -1.94. The smallest absolute Gasteiger partial charge is 0.0541 e. The maximum absolute atomic E-state index is 4.18. The summed E-state index contributed by atoms with van der Waals surface area (Å²) in [7, 11) is 0. The second-order valence-corrected chi connectivity index (χ2v) is 11.6. The molecule has 0 saturated carbocycles. The largest absolute Gasteiger partial charge is 0.309 e. The summed E-state index contributed by atoms with van der Waals surface area (Å²) in [5.74, 6) is 0. The van der Waals surface area contributed by atoms with E-state index in [0.29, 0.717) is 0 Å². The zero-order valence-corrected chi connectivity index (χ0v) is 24.6. The summed E-state index contributed by atoms with van der Waals surface area (Å²) in [4.78, 5) is 4.18. The van der Waals surface area contributed by atoms with Gasteiger partial charge in [0.2, 0.25) is 0 Å². The number of benzene rings is 7. The van der Waals surface area contributed by atoms with Crippen LogP contribution >= 0.6 is 0 Å². The first kappa shape index (κ1) is 25.5. The van der Waals surface area contributed by atoms with Gasteiger partial charge in [0.25, 0.3) is 0 Å². The molecule has 0 bridgehead atoms. The van der Waals surface area contributed by atoms with Crippen molar-refractivity contribution in [3.05, 3.63) is 170 Å². The fraction of sp³-hybridized carbons (Fsp3) is 0. The number of rotatable bonds is 4. The van der Waals surface area contributed by atoms with Crippen LogP contribution in [0.5, 0.6) is 0 Å². The van der Waals surface area contributed by atoms with Gasteiger partial charge in [0.1, 0.15) is 0 Å². The first-order valence-corrected chi connectivity index (χ1v) is 15.4. The minimum atomic E-state index is 1.16. The van der Waals surface area contributed by atoms with Gasteiger partial charge in [-0.1, -0.05) is 121 Å². The van der Waals surface area contributed by atoms with E-state index in [9.17, 15) is 0 Å². The molecule has 45 heavy (non-hydrogen) atoms. The molecule has 7 aromatic carbocycles. The van der Waals surface area contributed by atoms with E-state index in [1.807, 2.05) is 12.4 Å². The molecule has 0 amide bonds. The monoisotopic (exact) mass is 572 g/mol. The number of para-hydroxylation sites is 2. The molecule has 210 valence electrons. The maximum atomic E-state index is 4.18. The van der Waals surface area contributed by atoms with E-state index in [1.165, 1.54) is 76.7 Å². The van der Waals surface area contributed by atoms with E-state index in [2.05, 4.69) is 167 Å². The van der Waals surface area contributed by atoms with Crippen molar-refractivity contribution in [1.29, 1.82) is 0 Å². The van der Waals surface area contributed by atoms with E-state index in [1.54, 1.807) is 0 Å². The number of hydrogen-bond donors (Lipinski definition) is 0. The van der Waals surface area contributed by atoms with Crippen molar-refractivity contribution in [3.63, 3.8) is 0 Å². The highest BCUT2D eigenvalue weighted by molar-refractivity contribution is 6.21. The van der Waals surface area contributed by atoms with E-state index in [0.717, 1.165) is 5.69 Å². The Labute approximate surface area is 261 Å². The van der Waals surface area contributed by atoms with Crippen molar-refractivity contribution in [1.82, 2.24) is 9.55 Å². The van der Waals surface area contributed by atoms with Crippen LogP contribution in [0.2, 0.25) is 0 Å². The highest BCUT2D eigenvalue weighted by Crippen LogP contribution is 2.44. The van der Waals surface area contributed by atoms with Crippen LogP contribution in [0.4, 0.5) is 0 Å². The molecule has 0 radical (unpaired) electrons. The third-order valence-corrected chi connectivity index (χ3v) is 9.11. The highest BCUT2D eigenvalue weighted by Gasteiger charge is 2.17. The third kappa shape index (κ3) is 4.07. The van der Waals surface area contributed by atoms with Crippen molar-refractivity contribution in [2.75, 3.05) is 0 Å². The summed E-state index contributed by atoms with van der Waals surface area (Å²) in [5, 5.41) is 7.59. The fourth-order valence-corrected chi connectivity index (χ4v) is 7.10. The van der Waals surface area contributed by atoms with Gasteiger partial charge in [-0.15, -0.1) is 0 Å².